The Morgan fingerprint density at radius 3 is 3.05 bits per heavy atom. The van der Waals surface area contributed by atoms with Gasteiger partial charge in [-0.25, -0.2) is 9.78 Å². The molecule has 1 saturated heterocycles. The van der Waals surface area contributed by atoms with Crippen molar-refractivity contribution in [2.75, 3.05) is 20.1 Å². The van der Waals surface area contributed by atoms with E-state index in [1.165, 1.54) is 6.42 Å². The van der Waals surface area contributed by atoms with E-state index in [4.69, 9.17) is 5.11 Å². The first kappa shape index (κ1) is 12.2. The van der Waals surface area contributed by atoms with Crippen LogP contribution in [-0.4, -0.2) is 45.7 Å². The highest BCUT2D eigenvalue weighted by Gasteiger charge is 2.20. The lowest BCUT2D eigenvalue weighted by Crippen LogP contribution is -2.33. The van der Waals surface area contributed by atoms with Crippen molar-refractivity contribution in [2.45, 2.75) is 18.9 Å². The van der Waals surface area contributed by atoms with Gasteiger partial charge in [-0.1, -0.05) is 0 Å². The van der Waals surface area contributed by atoms with Crippen LogP contribution in [0.1, 0.15) is 29.2 Å². The number of aromatic carboxylic acids is 1. The Labute approximate surface area is 111 Å². The average Bonchev–Trinajstić information content (AvgIpc) is 2.81. The van der Waals surface area contributed by atoms with Gasteiger partial charge in [0.1, 0.15) is 0 Å². The average molecular weight is 259 g/mol. The van der Waals surface area contributed by atoms with Crippen molar-refractivity contribution >= 4 is 17.0 Å². The van der Waals surface area contributed by atoms with Gasteiger partial charge >= 0.3 is 5.97 Å². The number of likely N-dealkylation sites (tertiary alicyclic amines) is 1. The van der Waals surface area contributed by atoms with E-state index in [1.807, 2.05) is 6.33 Å². The second-order valence-corrected chi connectivity index (χ2v) is 5.22. The molecule has 1 atom stereocenters. The lowest BCUT2D eigenvalue weighted by atomic mass is 10.1. The van der Waals surface area contributed by atoms with Crippen molar-refractivity contribution in [3.63, 3.8) is 0 Å². The highest BCUT2D eigenvalue weighted by atomic mass is 16.4. The Morgan fingerprint density at radius 1 is 1.47 bits per heavy atom. The predicted molar refractivity (Wildman–Crippen MR) is 72.5 cm³/mol. The smallest absolute Gasteiger partial charge is 0.335 e. The molecule has 1 N–H and O–H groups in total. The highest BCUT2D eigenvalue weighted by Crippen LogP contribution is 2.25. The molecule has 1 unspecified atom stereocenters. The highest BCUT2D eigenvalue weighted by molar-refractivity contribution is 5.92. The fourth-order valence-electron chi connectivity index (χ4n) is 2.82. The Balaban J connectivity index is 2.03. The number of nitrogens with zero attached hydrogens (tertiary/aromatic N) is 3. The molecule has 0 amide bonds. The zero-order valence-corrected chi connectivity index (χ0v) is 10.9. The normalized spacial score (nSPS) is 20.8. The number of aromatic nitrogens is 2. The maximum absolute atomic E-state index is 11.1. The van der Waals surface area contributed by atoms with Crippen LogP contribution in [-0.2, 0) is 0 Å². The van der Waals surface area contributed by atoms with Crippen LogP contribution in [0, 0.1) is 0 Å². The molecule has 2 aromatic rings. The van der Waals surface area contributed by atoms with Crippen LogP contribution >= 0.6 is 0 Å². The number of fused-ring (bicyclic) bond motifs is 1. The van der Waals surface area contributed by atoms with Crippen LogP contribution in [0.4, 0.5) is 0 Å². The molecular formula is C14H17N3O2. The number of hydrogen-bond donors (Lipinski definition) is 1. The molecule has 0 saturated carbocycles. The van der Waals surface area contributed by atoms with Crippen molar-refractivity contribution < 1.29 is 9.90 Å². The topological polar surface area (TPSA) is 58.4 Å². The summed E-state index contributed by atoms with van der Waals surface area (Å²) in [6.07, 6.45) is 4.12. The zero-order chi connectivity index (χ0) is 13.4. The van der Waals surface area contributed by atoms with Crippen LogP contribution in [0.3, 0.4) is 0 Å². The number of benzene rings is 1. The molecule has 1 aliphatic heterocycles. The Morgan fingerprint density at radius 2 is 2.32 bits per heavy atom. The van der Waals surface area contributed by atoms with Crippen molar-refractivity contribution in [3.8, 4) is 0 Å². The number of rotatable bonds is 2. The molecule has 0 radical (unpaired) electrons. The predicted octanol–water partition coefficient (Wildman–Crippen LogP) is 2.00. The summed E-state index contributed by atoms with van der Waals surface area (Å²) in [7, 11) is 2.12. The van der Waals surface area contributed by atoms with Crippen LogP contribution < -0.4 is 0 Å². The van der Waals surface area contributed by atoms with Gasteiger partial charge in [0, 0.05) is 12.6 Å². The fourth-order valence-corrected chi connectivity index (χ4v) is 2.82. The molecule has 5 heteroatoms. The SMILES string of the molecule is CN1CCCC(n2cnc3ccc(C(=O)O)cc32)C1. The first-order valence-corrected chi connectivity index (χ1v) is 6.53. The van der Waals surface area contributed by atoms with E-state index in [0.717, 1.165) is 30.5 Å². The molecule has 1 aromatic heterocycles. The van der Waals surface area contributed by atoms with E-state index < -0.39 is 5.97 Å². The van der Waals surface area contributed by atoms with Gasteiger partial charge in [0.05, 0.1) is 22.9 Å². The minimum atomic E-state index is -0.893. The molecule has 100 valence electrons. The number of imidazole rings is 1. The Kier molecular flexibility index (Phi) is 2.98. The lowest BCUT2D eigenvalue weighted by Gasteiger charge is -2.30. The van der Waals surface area contributed by atoms with Crippen molar-refractivity contribution in [2.24, 2.45) is 0 Å². The van der Waals surface area contributed by atoms with Gasteiger partial charge in [0.15, 0.2) is 0 Å². The first-order valence-electron chi connectivity index (χ1n) is 6.53. The summed E-state index contributed by atoms with van der Waals surface area (Å²) in [6.45, 7) is 2.12. The van der Waals surface area contributed by atoms with Crippen LogP contribution in [0.15, 0.2) is 24.5 Å². The summed E-state index contributed by atoms with van der Waals surface area (Å²) in [5, 5.41) is 9.09. The molecule has 0 bridgehead atoms. The van der Waals surface area contributed by atoms with E-state index in [9.17, 15) is 4.79 Å². The third-order valence-electron chi connectivity index (χ3n) is 3.81. The molecule has 5 nitrogen and oxygen atoms in total. The fraction of sp³-hybridized carbons (Fsp3) is 0.429. The van der Waals surface area contributed by atoms with E-state index in [1.54, 1.807) is 18.2 Å². The number of hydrogen-bond acceptors (Lipinski definition) is 3. The maximum atomic E-state index is 11.1. The monoisotopic (exact) mass is 259 g/mol. The number of piperidine rings is 1. The van der Waals surface area contributed by atoms with Crippen LogP contribution in [0.25, 0.3) is 11.0 Å². The minimum absolute atomic E-state index is 0.318. The number of carboxylic acids is 1. The molecular weight excluding hydrogens is 242 g/mol. The molecule has 19 heavy (non-hydrogen) atoms. The molecule has 0 spiro atoms. The molecule has 1 fully saturated rings. The second-order valence-electron chi connectivity index (χ2n) is 5.22. The van der Waals surface area contributed by atoms with Gasteiger partial charge in [0.25, 0.3) is 0 Å². The largest absolute Gasteiger partial charge is 0.478 e. The van der Waals surface area contributed by atoms with Gasteiger partial charge < -0.3 is 14.6 Å². The van der Waals surface area contributed by atoms with Gasteiger partial charge in [-0.05, 0) is 44.6 Å². The van der Waals surface area contributed by atoms with Crippen molar-refractivity contribution in [1.29, 1.82) is 0 Å². The third kappa shape index (κ3) is 2.21. The Hall–Kier alpha value is -1.88. The Bertz CT molecular complexity index is 620. The van der Waals surface area contributed by atoms with Crippen molar-refractivity contribution in [3.05, 3.63) is 30.1 Å². The van der Waals surface area contributed by atoms with Gasteiger partial charge in [-0.15, -0.1) is 0 Å². The van der Waals surface area contributed by atoms with E-state index in [0.29, 0.717) is 11.6 Å². The van der Waals surface area contributed by atoms with E-state index in [2.05, 4.69) is 21.5 Å². The summed E-state index contributed by atoms with van der Waals surface area (Å²) < 4.78 is 2.12. The molecule has 1 aromatic carbocycles. The number of carbonyl (C=O) groups is 1. The molecule has 1 aliphatic rings. The van der Waals surface area contributed by atoms with Crippen LogP contribution in [0.5, 0.6) is 0 Å². The van der Waals surface area contributed by atoms with Crippen LogP contribution in [0.2, 0.25) is 0 Å². The first-order chi connectivity index (χ1) is 9.15. The van der Waals surface area contributed by atoms with E-state index in [-0.39, 0.29) is 0 Å². The summed E-state index contributed by atoms with van der Waals surface area (Å²) in [4.78, 5) is 17.7. The number of carboxylic acid groups (broad SMARTS) is 1. The quantitative estimate of drug-likeness (QED) is 0.896. The molecule has 3 rings (SSSR count). The van der Waals surface area contributed by atoms with Gasteiger partial charge in [0.2, 0.25) is 0 Å². The van der Waals surface area contributed by atoms with E-state index >= 15 is 0 Å². The minimum Gasteiger partial charge on any atom is -0.478 e. The summed E-state index contributed by atoms with van der Waals surface area (Å²) in [5.74, 6) is -0.893. The zero-order valence-electron chi connectivity index (χ0n) is 10.9. The van der Waals surface area contributed by atoms with Gasteiger partial charge in [-0.3, -0.25) is 0 Å². The lowest BCUT2D eigenvalue weighted by molar-refractivity contribution is 0.0697. The van der Waals surface area contributed by atoms with Crippen molar-refractivity contribution in [1.82, 2.24) is 14.5 Å². The summed E-state index contributed by atoms with van der Waals surface area (Å²) >= 11 is 0. The summed E-state index contributed by atoms with van der Waals surface area (Å²) in [5.41, 5.74) is 2.09. The second kappa shape index (κ2) is 4.66. The standard InChI is InChI=1S/C14H17N3O2/c1-16-6-2-3-11(8-16)17-9-15-12-5-4-10(14(18)19)7-13(12)17/h4-5,7,9,11H,2-3,6,8H2,1H3,(H,18,19). The van der Waals surface area contributed by atoms with Gasteiger partial charge in [-0.2, -0.15) is 0 Å². The number of likely N-dealkylation sites (N-methyl/N-ethyl adjacent to an activating group) is 1. The molecule has 2 heterocycles. The summed E-state index contributed by atoms with van der Waals surface area (Å²) in [6, 6.07) is 5.49. The maximum Gasteiger partial charge on any atom is 0.335 e. The molecule has 0 aliphatic carbocycles. The third-order valence-corrected chi connectivity index (χ3v) is 3.81.